The van der Waals surface area contributed by atoms with Crippen LogP contribution in [0.2, 0.25) is 0 Å². The van der Waals surface area contributed by atoms with Gasteiger partial charge in [-0.25, -0.2) is 17.2 Å². The van der Waals surface area contributed by atoms with Crippen LogP contribution in [0.1, 0.15) is 32.3 Å². The number of hydrogen-bond acceptors (Lipinski definition) is 4. The van der Waals surface area contributed by atoms with Crippen LogP contribution in [0.3, 0.4) is 0 Å². The molecule has 2 amide bonds. The van der Waals surface area contributed by atoms with E-state index < -0.39 is 40.2 Å². The first-order valence-corrected chi connectivity index (χ1v) is 13.3. The molecule has 2 aromatic rings. The predicted octanol–water partition coefficient (Wildman–Crippen LogP) is 3.83. The number of carbonyl (C=O) groups is 2. The van der Waals surface area contributed by atoms with Crippen molar-refractivity contribution in [1.29, 1.82) is 0 Å². The number of benzene rings is 2. The molecule has 0 radical (unpaired) electrons. The third-order valence-electron chi connectivity index (χ3n) is 5.13. The molecule has 0 aliphatic heterocycles. The average molecular weight is 560 g/mol. The second-order valence-electron chi connectivity index (χ2n) is 7.84. The summed E-state index contributed by atoms with van der Waals surface area (Å²) in [4.78, 5) is 27.3. The van der Waals surface area contributed by atoms with Crippen molar-refractivity contribution in [2.24, 2.45) is 0 Å². The summed E-state index contributed by atoms with van der Waals surface area (Å²) in [5, 5.41) is 2.78. The van der Waals surface area contributed by atoms with Gasteiger partial charge in [-0.15, -0.1) is 0 Å². The lowest BCUT2D eigenvalue weighted by molar-refractivity contribution is -0.139. The number of unbranched alkanes of at least 4 members (excludes halogenated alkanes) is 1. The fourth-order valence-electron chi connectivity index (χ4n) is 3.16. The number of anilines is 1. The molecule has 0 unspecified atom stereocenters. The molecule has 0 saturated heterocycles. The number of nitrogens with one attached hydrogen (secondary N) is 1. The maximum atomic E-state index is 13.8. The first-order valence-electron chi connectivity index (χ1n) is 10.7. The van der Waals surface area contributed by atoms with Crippen molar-refractivity contribution in [2.75, 3.05) is 23.7 Å². The van der Waals surface area contributed by atoms with E-state index >= 15 is 0 Å². The highest BCUT2D eigenvalue weighted by Crippen LogP contribution is 2.22. The normalized spacial score (nSPS) is 12.2. The molecule has 0 aromatic heterocycles. The summed E-state index contributed by atoms with van der Waals surface area (Å²) in [5.74, 6) is -3.43. The maximum absolute atomic E-state index is 13.8. The van der Waals surface area contributed by atoms with Crippen LogP contribution in [0.15, 0.2) is 46.9 Å². The highest BCUT2D eigenvalue weighted by molar-refractivity contribution is 9.10. The summed E-state index contributed by atoms with van der Waals surface area (Å²) in [5.41, 5.74) is 0.530. The summed E-state index contributed by atoms with van der Waals surface area (Å²) < 4.78 is 53.5. The first-order chi connectivity index (χ1) is 15.9. The molecule has 0 fully saturated rings. The van der Waals surface area contributed by atoms with E-state index in [9.17, 15) is 26.8 Å². The van der Waals surface area contributed by atoms with Gasteiger partial charge < -0.3 is 10.2 Å². The molecule has 0 bridgehead atoms. The SMILES string of the molecule is CCCCNC(=O)[C@@H](C)N(Cc1ccc(Br)cc1)C(=O)CN(c1ccc(F)c(F)c1)S(C)(=O)=O. The molecule has 0 saturated carbocycles. The first kappa shape index (κ1) is 27.7. The van der Waals surface area contributed by atoms with E-state index in [0.29, 0.717) is 16.9 Å². The molecule has 7 nitrogen and oxygen atoms in total. The highest BCUT2D eigenvalue weighted by atomic mass is 79.9. The van der Waals surface area contributed by atoms with Crippen LogP contribution in [0.4, 0.5) is 14.5 Å². The summed E-state index contributed by atoms with van der Waals surface area (Å²) in [6.07, 6.45) is 2.52. The Morgan fingerprint density at radius 3 is 2.29 bits per heavy atom. The zero-order valence-electron chi connectivity index (χ0n) is 19.2. The van der Waals surface area contributed by atoms with Gasteiger partial charge in [0.15, 0.2) is 11.6 Å². The molecule has 0 aliphatic rings. The Bertz CT molecular complexity index is 1110. The van der Waals surface area contributed by atoms with Gasteiger partial charge in [-0.1, -0.05) is 41.4 Å². The largest absolute Gasteiger partial charge is 0.354 e. The second kappa shape index (κ2) is 12.3. The molecule has 1 N–H and O–H groups in total. The molecule has 2 aromatic carbocycles. The lowest BCUT2D eigenvalue weighted by Crippen LogP contribution is -2.51. The summed E-state index contributed by atoms with van der Waals surface area (Å²) in [6, 6.07) is 8.79. The molecule has 34 heavy (non-hydrogen) atoms. The van der Waals surface area contributed by atoms with E-state index in [2.05, 4.69) is 21.2 Å². The van der Waals surface area contributed by atoms with Gasteiger partial charge in [0.25, 0.3) is 0 Å². The molecule has 1 atom stereocenters. The van der Waals surface area contributed by atoms with Crippen LogP contribution < -0.4 is 9.62 Å². The van der Waals surface area contributed by atoms with Crippen LogP contribution in [-0.4, -0.2) is 50.5 Å². The quantitative estimate of drug-likeness (QED) is 0.424. The monoisotopic (exact) mass is 559 g/mol. The molecule has 186 valence electrons. The predicted molar refractivity (Wildman–Crippen MR) is 131 cm³/mol. The average Bonchev–Trinajstić information content (AvgIpc) is 2.77. The third-order valence-corrected chi connectivity index (χ3v) is 6.80. The van der Waals surface area contributed by atoms with Crippen molar-refractivity contribution < 1.29 is 26.8 Å². The number of nitrogens with zero attached hydrogens (tertiary/aromatic N) is 2. The zero-order chi connectivity index (χ0) is 25.5. The summed E-state index contributed by atoms with van der Waals surface area (Å²) >= 11 is 3.34. The van der Waals surface area contributed by atoms with Crippen LogP contribution in [-0.2, 0) is 26.2 Å². The highest BCUT2D eigenvalue weighted by Gasteiger charge is 2.30. The molecular weight excluding hydrogens is 532 g/mol. The van der Waals surface area contributed by atoms with Gasteiger partial charge in [-0.05, 0) is 43.2 Å². The standard InChI is InChI=1S/C23H28BrF2N3O4S/c1-4-5-12-27-23(31)16(2)28(14-17-6-8-18(24)9-7-17)22(30)15-29(34(3,32)33)19-10-11-20(25)21(26)13-19/h6-11,13,16H,4-5,12,14-15H2,1-3H3,(H,27,31)/t16-/m1/s1. The number of amides is 2. The van der Waals surface area contributed by atoms with Gasteiger partial charge in [0.1, 0.15) is 12.6 Å². The molecular formula is C23H28BrF2N3O4S. The molecule has 0 spiro atoms. The van der Waals surface area contributed by atoms with E-state index in [1.807, 2.05) is 6.92 Å². The van der Waals surface area contributed by atoms with Crippen molar-refractivity contribution >= 4 is 43.5 Å². The Kier molecular flexibility index (Phi) is 9.99. The molecule has 2 rings (SSSR count). The third kappa shape index (κ3) is 7.76. The fourth-order valence-corrected chi connectivity index (χ4v) is 4.26. The van der Waals surface area contributed by atoms with Crippen molar-refractivity contribution in [1.82, 2.24) is 10.2 Å². The van der Waals surface area contributed by atoms with Gasteiger partial charge in [0, 0.05) is 23.6 Å². The van der Waals surface area contributed by atoms with Crippen LogP contribution in [0.5, 0.6) is 0 Å². The van der Waals surface area contributed by atoms with E-state index in [-0.39, 0.29) is 18.1 Å². The topological polar surface area (TPSA) is 86.8 Å². The Morgan fingerprint density at radius 2 is 1.74 bits per heavy atom. The second-order valence-corrected chi connectivity index (χ2v) is 10.7. The van der Waals surface area contributed by atoms with Crippen molar-refractivity contribution in [3.8, 4) is 0 Å². The van der Waals surface area contributed by atoms with E-state index in [1.54, 1.807) is 31.2 Å². The Labute approximate surface area is 207 Å². The minimum absolute atomic E-state index is 0.0455. The van der Waals surface area contributed by atoms with Crippen molar-refractivity contribution in [3.05, 3.63) is 64.1 Å². The number of rotatable bonds is 11. The zero-order valence-corrected chi connectivity index (χ0v) is 21.6. The van der Waals surface area contributed by atoms with Gasteiger partial charge in [-0.2, -0.15) is 0 Å². The van der Waals surface area contributed by atoms with E-state index in [4.69, 9.17) is 0 Å². The van der Waals surface area contributed by atoms with Gasteiger partial charge in [0.05, 0.1) is 11.9 Å². The van der Waals surface area contributed by atoms with E-state index in [0.717, 1.165) is 41.3 Å². The van der Waals surface area contributed by atoms with Gasteiger partial charge in [-0.3, -0.25) is 13.9 Å². The smallest absolute Gasteiger partial charge is 0.244 e. The summed E-state index contributed by atoms with van der Waals surface area (Å²) in [6.45, 7) is 3.35. The van der Waals surface area contributed by atoms with Crippen LogP contribution >= 0.6 is 15.9 Å². The van der Waals surface area contributed by atoms with Crippen molar-refractivity contribution in [2.45, 2.75) is 39.3 Å². The lowest BCUT2D eigenvalue weighted by Gasteiger charge is -2.31. The Hall–Kier alpha value is -2.53. The summed E-state index contributed by atoms with van der Waals surface area (Å²) in [7, 11) is -4.03. The number of halogens is 3. The Balaban J connectivity index is 2.35. The van der Waals surface area contributed by atoms with Gasteiger partial charge in [0.2, 0.25) is 21.8 Å². The molecule has 0 heterocycles. The lowest BCUT2D eigenvalue weighted by atomic mass is 10.1. The molecule has 0 aliphatic carbocycles. The molecule has 11 heteroatoms. The maximum Gasteiger partial charge on any atom is 0.244 e. The van der Waals surface area contributed by atoms with Crippen LogP contribution in [0, 0.1) is 11.6 Å². The number of sulfonamides is 1. The minimum Gasteiger partial charge on any atom is -0.354 e. The Morgan fingerprint density at radius 1 is 1.09 bits per heavy atom. The van der Waals surface area contributed by atoms with Crippen LogP contribution in [0.25, 0.3) is 0 Å². The number of hydrogen-bond donors (Lipinski definition) is 1. The van der Waals surface area contributed by atoms with Crippen molar-refractivity contribution in [3.63, 3.8) is 0 Å². The minimum atomic E-state index is -4.03. The van der Waals surface area contributed by atoms with E-state index in [1.165, 1.54) is 4.90 Å². The van der Waals surface area contributed by atoms with Gasteiger partial charge >= 0.3 is 0 Å². The fraction of sp³-hybridized carbons (Fsp3) is 0.391. The number of carbonyl (C=O) groups excluding carboxylic acids is 2.